The number of carbonyl (C=O) groups is 1. The van der Waals surface area contributed by atoms with Crippen LogP contribution in [0.4, 0.5) is 10.1 Å². The second kappa shape index (κ2) is 4.61. The first-order valence-corrected chi connectivity index (χ1v) is 5.41. The summed E-state index contributed by atoms with van der Waals surface area (Å²) in [4.78, 5) is 11.6. The van der Waals surface area contributed by atoms with Crippen molar-refractivity contribution in [2.24, 2.45) is 5.92 Å². The molecule has 1 aromatic rings. The van der Waals surface area contributed by atoms with E-state index < -0.39 is 0 Å². The Balaban J connectivity index is 1.94. The lowest BCUT2D eigenvalue weighted by Gasteiger charge is -2.26. The Morgan fingerprint density at radius 1 is 1.50 bits per heavy atom. The Morgan fingerprint density at radius 3 is 2.81 bits per heavy atom. The molecule has 16 heavy (non-hydrogen) atoms. The van der Waals surface area contributed by atoms with Crippen molar-refractivity contribution < 1.29 is 9.18 Å². The number of rotatable bonds is 3. The lowest BCUT2D eigenvalue weighted by molar-refractivity contribution is -0.117. The summed E-state index contributed by atoms with van der Waals surface area (Å²) in [5.74, 6) is 0.0618. The van der Waals surface area contributed by atoms with Crippen LogP contribution in [0.5, 0.6) is 0 Å². The van der Waals surface area contributed by atoms with Crippen molar-refractivity contribution in [3.05, 3.63) is 29.6 Å². The molecule has 1 saturated heterocycles. The van der Waals surface area contributed by atoms with E-state index >= 15 is 0 Å². The molecule has 86 valence electrons. The van der Waals surface area contributed by atoms with Crippen LogP contribution in [0, 0.1) is 18.7 Å². The Kier molecular flexibility index (Phi) is 3.19. The Hall–Kier alpha value is -1.42. The molecular formula is C12H15FN2O. The SMILES string of the molecule is Cc1cc(F)cc(NC(=O)CC2CNC2)c1. The lowest BCUT2D eigenvalue weighted by atomic mass is 9.99. The van der Waals surface area contributed by atoms with Crippen molar-refractivity contribution >= 4 is 11.6 Å². The van der Waals surface area contributed by atoms with E-state index in [4.69, 9.17) is 0 Å². The maximum atomic E-state index is 13.1. The number of hydrogen-bond acceptors (Lipinski definition) is 2. The van der Waals surface area contributed by atoms with Gasteiger partial charge in [-0.2, -0.15) is 0 Å². The van der Waals surface area contributed by atoms with Gasteiger partial charge < -0.3 is 10.6 Å². The predicted molar refractivity (Wildman–Crippen MR) is 60.7 cm³/mol. The summed E-state index contributed by atoms with van der Waals surface area (Å²) >= 11 is 0. The molecule has 1 fully saturated rings. The highest BCUT2D eigenvalue weighted by atomic mass is 19.1. The summed E-state index contributed by atoms with van der Waals surface area (Å²) in [5.41, 5.74) is 1.34. The Bertz CT molecular complexity index is 382. The number of aryl methyl sites for hydroxylation is 1. The van der Waals surface area contributed by atoms with E-state index in [0.717, 1.165) is 18.7 Å². The second-order valence-corrected chi connectivity index (χ2v) is 4.29. The van der Waals surface area contributed by atoms with Crippen LogP contribution in [0.1, 0.15) is 12.0 Å². The molecule has 1 aliphatic rings. The van der Waals surface area contributed by atoms with Crippen LogP contribution in [-0.4, -0.2) is 19.0 Å². The first-order chi connectivity index (χ1) is 7.63. The van der Waals surface area contributed by atoms with E-state index in [0.29, 0.717) is 18.0 Å². The van der Waals surface area contributed by atoms with Crippen LogP contribution in [0.3, 0.4) is 0 Å². The molecule has 4 heteroatoms. The van der Waals surface area contributed by atoms with Gasteiger partial charge in [0.1, 0.15) is 5.82 Å². The summed E-state index contributed by atoms with van der Waals surface area (Å²) in [7, 11) is 0. The summed E-state index contributed by atoms with van der Waals surface area (Å²) in [6.07, 6.45) is 0.503. The normalized spacial score (nSPS) is 15.6. The van der Waals surface area contributed by atoms with Crippen LogP contribution in [0.15, 0.2) is 18.2 Å². The number of carbonyl (C=O) groups excluding carboxylic acids is 1. The van der Waals surface area contributed by atoms with Gasteiger partial charge in [-0.25, -0.2) is 4.39 Å². The molecule has 0 aromatic heterocycles. The molecule has 1 heterocycles. The lowest BCUT2D eigenvalue weighted by Crippen LogP contribution is -2.43. The van der Waals surface area contributed by atoms with E-state index in [1.165, 1.54) is 12.1 Å². The Morgan fingerprint density at radius 2 is 2.25 bits per heavy atom. The zero-order valence-electron chi connectivity index (χ0n) is 9.22. The first kappa shape index (κ1) is 11.1. The van der Waals surface area contributed by atoms with Crippen LogP contribution >= 0.6 is 0 Å². The molecule has 1 amide bonds. The summed E-state index contributed by atoms with van der Waals surface area (Å²) in [5, 5.41) is 5.82. The van der Waals surface area contributed by atoms with Crippen molar-refractivity contribution in [2.45, 2.75) is 13.3 Å². The van der Waals surface area contributed by atoms with Gasteiger partial charge in [-0.15, -0.1) is 0 Å². The molecule has 0 bridgehead atoms. The van der Waals surface area contributed by atoms with E-state index in [2.05, 4.69) is 10.6 Å². The molecule has 0 radical (unpaired) electrons. The average molecular weight is 222 g/mol. The number of halogens is 1. The highest BCUT2D eigenvalue weighted by molar-refractivity contribution is 5.91. The van der Waals surface area contributed by atoms with Gasteiger partial charge >= 0.3 is 0 Å². The van der Waals surface area contributed by atoms with E-state index in [1.54, 1.807) is 13.0 Å². The van der Waals surface area contributed by atoms with Gasteiger partial charge in [0.15, 0.2) is 0 Å². The molecule has 3 nitrogen and oxygen atoms in total. The van der Waals surface area contributed by atoms with Crippen molar-refractivity contribution in [3.63, 3.8) is 0 Å². The third kappa shape index (κ3) is 2.79. The van der Waals surface area contributed by atoms with Gasteiger partial charge in [-0.3, -0.25) is 4.79 Å². The van der Waals surface area contributed by atoms with Gasteiger partial charge in [0.25, 0.3) is 0 Å². The molecule has 2 N–H and O–H groups in total. The maximum absolute atomic E-state index is 13.1. The van der Waals surface area contributed by atoms with Gasteiger partial charge in [0, 0.05) is 12.1 Å². The third-order valence-electron chi connectivity index (χ3n) is 2.67. The van der Waals surface area contributed by atoms with Crippen LogP contribution in [-0.2, 0) is 4.79 Å². The molecule has 1 aromatic carbocycles. The van der Waals surface area contributed by atoms with Crippen molar-refractivity contribution in [1.29, 1.82) is 0 Å². The molecule has 0 aliphatic carbocycles. The molecule has 0 unspecified atom stereocenters. The number of benzene rings is 1. The highest BCUT2D eigenvalue weighted by Crippen LogP contribution is 2.15. The van der Waals surface area contributed by atoms with Crippen LogP contribution < -0.4 is 10.6 Å². The molecule has 1 aliphatic heterocycles. The Labute approximate surface area is 94.0 Å². The molecule has 0 saturated carbocycles. The summed E-state index contributed by atoms with van der Waals surface area (Å²) in [6, 6.07) is 4.54. The molecule has 0 atom stereocenters. The first-order valence-electron chi connectivity index (χ1n) is 5.41. The topological polar surface area (TPSA) is 41.1 Å². The molecule has 0 spiro atoms. The maximum Gasteiger partial charge on any atom is 0.224 e. The number of nitrogens with one attached hydrogen (secondary N) is 2. The third-order valence-corrected chi connectivity index (χ3v) is 2.67. The number of amides is 1. The monoisotopic (exact) mass is 222 g/mol. The molecule has 2 rings (SSSR count). The van der Waals surface area contributed by atoms with E-state index in [-0.39, 0.29) is 11.7 Å². The van der Waals surface area contributed by atoms with Gasteiger partial charge in [-0.05, 0) is 49.7 Å². The predicted octanol–water partition coefficient (Wildman–Crippen LogP) is 1.68. The minimum atomic E-state index is -0.319. The van der Waals surface area contributed by atoms with E-state index in [1.807, 2.05) is 0 Å². The van der Waals surface area contributed by atoms with Gasteiger partial charge in [0.2, 0.25) is 5.91 Å². The quantitative estimate of drug-likeness (QED) is 0.817. The van der Waals surface area contributed by atoms with Crippen molar-refractivity contribution in [3.8, 4) is 0 Å². The van der Waals surface area contributed by atoms with Gasteiger partial charge in [-0.1, -0.05) is 0 Å². The fourth-order valence-corrected chi connectivity index (χ4v) is 1.78. The fourth-order valence-electron chi connectivity index (χ4n) is 1.78. The summed E-state index contributed by atoms with van der Waals surface area (Å²) in [6.45, 7) is 3.60. The fraction of sp³-hybridized carbons (Fsp3) is 0.417. The van der Waals surface area contributed by atoms with Crippen LogP contribution in [0.2, 0.25) is 0 Å². The van der Waals surface area contributed by atoms with Crippen LogP contribution in [0.25, 0.3) is 0 Å². The zero-order chi connectivity index (χ0) is 11.5. The van der Waals surface area contributed by atoms with Crippen molar-refractivity contribution in [2.75, 3.05) is 18.4 Å². The summed E-state index contributed by atoms with van der Waals surface area (Å²) < 4.78 is 13.1. The van der Waals surface area contributed by atoms with E-state index in [9.17, 15) is 9.18 Å². The largest absolute Gasteiger partial charge is 0.326 e. The minimum absolute atomic E-state index is 0.0449. The second-order valence-electron chi connectivity index (χ2n) is 4.29. The number of hydrogen-bond donors (Lipinski definition) is 2. The zero-order valence-corrected chi connectivity index (χ0v) is 9.22. The smallest absolute Gasteiger partial charge is 0.224 e. The number of anilines is 1. The highest BCUT2D eigenvalue weighted by Gasteiger charge is 2.20. The van der Waals surface area contributed by atoms with Gasteiger partial charge in [0.05, 0.1) is 0 Å². The minimum Gasteiger partial charge on any atom is -0.326 e. The van der Waals surface area contributed by atoms with Crippen molar-refractivity contribution in [1.82, 2.24) is 5.32 Å². The average Bonchev–Trinajstić information content (AvgIpc) is 2.09. The standard InChI is InChI=1S/C12H15FN2O/c1-8-2-10(13)5-11(3-8)15-12(16)4-9-6-14-7-9/h2-3,5,9,14H,4,6-7H2,1H3,(H,15,16). The molecular weight excluding hydrogens is 207 g/mol.